The molecule has 1 aliphatic heterocycles. The van der Waals surface area contributed by atoms with Crippen LogP contribution in [0.2, 0.25) is 0 Å². The number of carbonyl (C=O) groups is 1. The van der Waals surface area contributed by atoms with Crippen LogP contribution in [0.1, 0.15) is 12.5 Å². The minimum atomic E-state index is -0.112. The third-order valence-corrected chi connectivity index (χ3v) is 3.06. The first-order chi connectivity index (χ1) is 10.3. The van der Waals surface area contributed by atoms with E-state index in [-0.39, 0.29) is 5.91 Å². The number of benzene rings is 1. The summed E-state index contributed by atoms with van der Waals surface area (Å²) < 4.78 is 10.6. The van der Waals surface area contributed by atoms with Gasteiger partial charge in [0.2, 0.25) is 0 Å². The summed E-state index contributed by atoms with van der Waals surface area (Å²) >= 11 is 0. The molecule has 1 aromatic rings. The molecular weight excluding hydrogens is 270 g/mol. The van der Waals surface area contributed by atoms with Crippen molar-refractivity contribution in [1.29, 1.82) is 0 Å². The quantitative estimate of drug-likeness (QED) is 0.624. The van der Waals surface area contributed by atoms with Gasteiger partial charge in [-0.1, -0.05) is 0 Å². The fourth-order valence-electron chi connectivity index (χ4n) is 1.99. The second-order valence-corrected chi connectivity index (χ2v) is 4.68. The molecule has 0 aliphatic carbocycles. The zero-order valence-electron chi connectivity index (χ0n) is 12.2. The third kappa shape index (κ3) is 5.53. The topological polar surface area (TPSA) is 63.2 Å². The second-order valence-electron chi connectivity index (χ2n) is 4.68. The van der Waals surface area contributed by atoms with Crippen molar-refractivity contribution < 1.29 is 14.3 Å². The van der Waals surface area contributed by atoms with Crippen LogP contribution in [0.25, 0.3) is 0 Å². The summed E-state index contributed by atoms with van der Waals surface area (Å²) in [5, 5.41) is 3.96. The molecule has 21 heavy (non-hydrogen) atoms. The Hall–Kier alpha value is -1.92. The number of carbonyl (C=O) groups excluding carboxylic acids is 1. The van der Waals surface area contributed by atoms with Crippen molar-refractivity contribution in [1.82, 2.24) is 10.3 Å². The van der Waals surface area contributed by atoms with Crippen molar-refractivity contribution in [2.24, 2.45) is 5.10 Å². The lowest BCUT2D eigenvalue weighted by atomic mass is 10.2. The average Bonchev–Trinajstić information content (AvgIpc) is 2.50. The largest absolute Gasteiger partial charge is 0.494 e. The van der Waals surface area contributed by atoms with E-state index in [0.29, 0.717) is 26.4 Å². The van der Waals surface area contributed by atoms with Crippen molar-refractivity contribution >= 4 is 12.1 Å². The predicted octanol–water partition coefficient (Wildman–Crippen LogP) is 0.868. The van der Waals surface area contributed by atoms with E-state index in [1.54, 1.807) is 6.21 Å². The van der Waals surface area contributed by atoms with Crippen LogP contribution in [0, 0.1) is 0 Å². The molecular formula is C15H21N3O3. The van der Waals surface area contributed by atoms with Gasteiger partial charge in [0.1, 0.15) is 5.75 Å². The Kier molecular flexibility index (Phi) is 6.18. The summed E-state index contributed by atoms with van der Waals surface area (Å²) in [5.74, 6) is 0.713. The number of hydrazone groups is 1. The van der Waals surface area contributed by atoms with Gasteiger partial charge in [-0.15, -0.1) is 0 Å². The van der Waals surface area contributed by atoms with Crippen molar-refractivity contribution in [2.45, 2.75) is 6.92 Å². The number of hydrogen-bond donors (Lipinski definition) is 1. The number of nitrogens with zero attached hydrogens (tertiary/aromatic N) is 2. The average molecular weight is 291 g/mol. The Morgan fingerprint density at radius 3 is 2.76 bits per heavy atom. The molecule has 2 rings (SSSR count). The molecule has 6 nitrogen and oxygen atoms in total. The molecule has 0 radical (unpaired) electrons. The molecule has 1 heterocycles. The predicted molar refractivity (Wildman–Crippen MR) is 80.6 cm³/mol. The lowest BCUT2D eigenvalue weighted by molar-refractivity contribution is -0.123. The zero-order valence-corrected chi connectivity index (χ0v) is 12.2. The summed E-state index contributed by atoms with van der Waals surface area (Å²) in [6, 6.07) is 7.53. The highest BCUT2D eigenvalue weighted by Crippen LogP contribution is 2.10. The highest BCUT2D eigenvalue weighted by atomic mass is 16.5. The highest BCUT2D eigenvalue weighted by molar-refractivity contribution is 5.83. The summed E-state index contributed by atoms with van der Waals surface area (Å²) in [5.41, 5.74) is 3.44. The van der Waals surface area contributed by atoms with Gasteiger partial charge in [0.05, 0.1) is 32.6 Å². The molecule has 1 aliphatic rings. The molecule has 1 aromatic carbocycles. The van der Waals surface area contributed by atoms with Gasteiger partial charge in [0, 0.05) is 13.1 Å². The lowest BCUT2D eigenvalue weighted by Gasteiger charge is -2.25. The second kappa shape index (κ2) is 8.39. The van der Waals surface area contributed by atoms with Gasteiger partial charge in [0.15, 0.2) is 0 Å². The van der Waals surface area contributed by atoms with Gasteiger partial charge in [-0.3, -0.25) is 9.69 Å². The van der Waals surface area contributed by atoms with E-state index < -0.39 is 0 Å². The fraction of sp³-hybridized carbons (Fsp3) is 0.467. The molecule has 1 fully saturated rings. The third-order valence-electron chi connectivity index (χ3n) is 3.06. The Bertz CT molecular complexity index is 468. The highest BCUT2D eigenvalue weighted by Gasteiger charge is 2.13. The smallest absolute Gasteiger partial charge is 0.254 e. The van der Waals surface area contributed by atoms with E-state index in [0.717, 1.165) is 24.4 Å². The molecule has 0 aromatic heterocycles. The van der Waals surface area contributed by atoms with Crippen LogP contribution >= 0.6 is 0 Å². The molecule has 1 N–H and O–H groups in total. The van der Waals surface area contributed by atoms with E-state index in [9.17, 15) is 4.79 Å². The lowest BCUT2D eigenvalue weighted by Crippen LogP contribution is -2.42. The molecule has 114 valence electrons. The van der Waals surface area contributed by atoms with E-state index in [1.165, 1.54) is 0 Å². The number of morpholine rings is 1. The zero-order chi connectivity index (χ0) is 14.9. The van der Waals surface area contributed by atoms with Gasteiger partial charge in [-0.2, -0.15) is 5.10 Å². The summed E-state index contributed by atoms with van der Waals surface area (Å²) in [6.07, 6.45) is 1.62. The van der Waals surface area contributed by atoms with Crippen molar-refractivity contribution in [2.75, 3.05) is 39.5 Å². The summed E-state index contributed by atoms with van der Waals surface area (Å²) in [7, 11) is 0. The van der Waals surface area contributed by atoms with Crippen LogP contribution < -0.4 is 10.2 Å². The van der Waals surface area contributed by atoms with Crippen molar-refractivity contribution in [3.05, 3.63) is 29.8 Å². The molecule has 6 heteroatoms. The van der Waals surface area contributed by atoms with Crippen molar-refractivity contribution in [3.8, 4) is 5.75 Å². The van der Waals surface area contributed by atoms with Gasteiger partial charge in [0.25, 0.3) is 5.91 Å². The minimum Gasteiger partial charge on any atom is -0.494 e. The minimum absolute atomic E-state index is 0.112. The van der Waals surface area contributed by atoms with Gasteiger partial charge < -0.3 is 9.47 Å². The maximum Gasteiger partial charge on any atom is 0.254 e. The van der Waals surface area contributed by atoms with E-state index in [2.05, 4.69) is 10.5 Å². The van der Waals surface area contributed by atoms with E-state index in [1.807, 2.05) is 36.1 Å². The van der Waals surface area contributed by atoms with Crippen LogP contribution in [0.15, 0.2) is 29.4 Å². The van der Waals surface area contributed by atoms with Crippen LogP contribution in [-0.4, -0.2) is 56.5 Å². The Morgan fingerprint density at radius 1 is 1.38 bits per heavy atom. The maximum atomic E-state index is 11.7. The number of rotatable bonds is 6. The first-order valence-electron chi connectivity index (χ1n) is 7.13. The first kappa shape index (κ1) is 15.5. The van der Waals surface area contributed by atoms with Crippen LogP contribution in [0.5, 0.6) is 5.75 Å². The number of ether oxygens (including phenoxy) is 2. The standard InChI is InChI=1S/C15H21N3O3/c1-2-21-14-5-3-13(4-6-14)11-16-17-15(19)12-18-7-9-20-10-8-18/h3-6,11H,2,7-10,12H2,1H3,(H,17,19)/b16-11+. The van der Waals surface area contributed by atoms with E-state index >= 15 is 0 Å². The van der Waals surface area contributed by atoms with Crippen LogP contribution in [0.4, 0.5) is 0 Å². The van der Waals surface area contributed by atoms with Gasteiger partial charge in [-0.25, -0.2) is 5.43 Å². The molecule has 1 saturated heterocycles. The molecule has 0 spiro atoms. The monoisotopic (exact) mass is 291 g/mol. The molecule has 0 bridgehead atoms. The number of amides is 1. The first-order valence-corrected chi connectivity index (χ1v) is 7.13. The van der Waals surface area contributed by atoms with Gasteiger partial charge in [-0.05, 0) is 36.8 Å². The Balaban J connectivity index is 1.74. The molecule has 1 amide bonds. The molecule has 0 unspecified atom stereocenters. The molecule has 0 atom stereocenters. The summed E-state index contributed by atoms with van der Waals surface area (Å²) in [4.78, 5) is 13.8. The Morgan fingerprint density at radius 2 is 2.10 bits per heavy atom. The SMILES string of the molecule is CCOc1ccc(/C=N/NC(=O)CN2CCOCC2)cc1. The fourth-order valence-corrected chi connectivity index (χ4v) is 1.99. The summed E-state index contributed by atoms with van der Waals surface area (Å²) in [6.45, 7) is 5.88. The molecule has 0 saturated carbocycles. The van der Waals surface area contributed by atoms with Gasteiger partial charge >= 0.3 is 0 Å². The van der Waals surface area contributed by atoms with Crippen LogP contribution in [-0.2, 0) is 9.53 Å². The maximum absolute atomic E-state index is 11.7. The normalized spacial score (nSPS) is 16.0. The van der Waals surface area contributed by atoms with Crippen molar-refractivity contribution in [3.63, 3.8) is 0 Å². The Labute approximate surface area is 124 Å². The number of hydrogen-bond acceptors (Lipinski definition) is 5. The van der Waals surface area contributed by atoms with E-state index in [4.69, 9.17) is 9.47 Å². The number of nitrogens with one attached hydrogen (secondary N) is 1. The van der Waals surface area contributed by atoms with Crippen LogP contribution in [0.3, 0.4) is 0 Å².